The molecule has 1 unspecified atom stereocenters. The van der Waals surface area contributed by atoms with E-state index in [-0.39, 0.29) is 24.8 Å². The summed E-state index contributed by atoms with van der Waals surface area (Å²) in [5, 5.41) is 0. The van der Waals surface area contributed by atoms with Crippen LogP contribution in [0.3, 0.4) is 0 Å². The second-order valence-electron chi connectivity index (χ2n) is 6.19. The van der Waals surface area contributed by atoms with E-state index in [0.717, 1.165) is 6.42 Å². The van der Waals surface area contributed by atoms with Crippen molar-refractivity contribution in [1.82, 2.24) is 0 Å². The van der Waals surface area contributed by atoms with Gasteiger partial charge in [0.25, 0.3) is 0 Å². The molecule has 0 fully saturated rings. The first-order valence-corrected chi connectivity index (χ1v) is 12.1. The zero-order chi connectivity index (χ0) is 15.6. The molecule has 2 aromatic carbocycles. The Bertz CT molecular complexity index is 861. The Morgan fingerprint density at radius 2 is 1.68 bits per heavy atom. The summed E-state index contributed by atoms with van der Waals surface area (Å²) in [4.78, 5) is 0. The Morgan fingerprint density at radius 3 is 2.40 bits per heavy atom. The van der Waals surface area contributed by atoms with Crippen molar-refractivity contribution >= 4 is 9.28 Å². The van der Waals surface area contributed by atoms with Crippen molar-refractivity contribution in [2.24, 2.45) is 0 Å². The zero-order valence-electron chi connectivity index (χ0n) is 14.1. The first-order chi connectivity index (χ1) is 11.3. The molecular weight excluding hydrogens is 426 g/mol. The molecule has 25 heavy (non-hydrogen) atoms. The normalized spacial score (nSPS) is 17.2. The summed E-state index contributed by atoms with van der Waals surface area (Å²) in [7, 11) is 0. The number of hydrogen-bond donors (Lipinski definition) is 0. The molecule has 0 saturated heterocycles. The summed E-state index contributed by atoms with van der Waals surface area (Å²) < 4.78 is 4.02. The van der Waals surface area contributed by atoms with E-state index >= 15 is 0 Å². The van der Waals surface area contributed by atoms with Gasteiger partial charge in [-0.1, -0.05) is 0 Å². The fourth-order valence-corrected chi connectivity index (χ4v) is 11.8. The van der Waals surface area contributed by atoms with Gasteiger partial charge in [0.2, 0.25) is 0 Å². The summed E-state index contributed by atoms with van der Waals surface area (Å²) in [6, 6.07) is 19.9. The molecule has 0 saturated carbocycles. The second-order valence-corrected chi connectivity index (χ2v) is 13.2. The Hall–Kier alpha value is -1.01. The fourth-order valence-electron chi connectivity index (χ4n) is 3.67. The predicted octanol–water partition coefficient (Wildman–Crippen LogP) is -0.535. The van der Waals surface area contributed by atoms with E-state index in [1.54, 1.807) is 12.1 Å². The average molecular weight is 447 g/mol. The van der Waals surface area contributed by atoms with E-state index < -0.39 is 21.3 Å². The van der Waals surface area contributed by atoms with Crippen LogP contribution in [0, 0.1) is 0 Å². The van der Waals surface area contributed by atoms with Gasteiger partial charge in [-0.25, -0.2) is 0 Å². The number of hydrogen-bond acceptors (Lipinski definition) is 0. The molecular formula is C22H20Cl2Zr. The predicted molar refractivity (Wildman–Crippen MR) is 96.3 cm³/mol. The van der Waals surface area contributed by atoms with Crippen LogP contribution in [-0.2, 0) is 21.3 Å². The van der Waals surface area contributed by atoms with Crippen LogP contribution in [0.4, 0.5) is 0 Å². The van der Waals surface area contributed by atoms with Gasteiger partial charge >= 0.3 is 146 Å². The first-order valence-electron chi connectivity index (χ1n) is 8.24. The molecule has 126 valence electrons. The van der Waals surface area contributed by atoms with Crippen molar-refractivity contribution in [3.8, 4) is 0 Å². The minimum atomic E-state index is -1.98. The molecule has 0 amide bonds. The SMILES string of the molecule is C/[C](c1ccccc1)=[Zr+2](\[C]1=CC=CC1)[CH]1C=Cc2ccccc21.[Cl-].[Cl-]. The van der Waals surface area contributed by atoms with E-state index in [1.807, 2.05) is 0 Å². The van der Waals surface area contributed by atoms with Crippen LogP contribution in [0.25, 0.3) is 6.08 Å². The van der Waals surface area contributed by atoms with Gasteiger partial charge < -0.3 is 24.8 Å². The third kappa shape index (κ3) is 4.05. The second kappa shape index (κ2) is 9.08. The van der Waals surface area contributed by atoms with Crippen molar-refractivity contribution in [3.05, 3.63) is 98.9 Å². The molecule has 0 N–H and O–H groups in total. The molecule has 3 heteroatoms. The first kappa shape index (κ1) is 20.3. The van der Waals surface area contributed by atoms with Crippen molar-refractivity contribution in [2.75, 3.05) is 0 Å². The van der Waals surface area contributed by atoms with Crippen LogP contribution >= 0.6 is 0 Å². The third-order valence-electron chi connectivity index (χ3n) is 4.84. The summed E-state index contributed by atoms with van der Waals surface area (Å²) in [6.45, 7) is 2.39. The summed E-state index contributed by atoms with van der Waals surface area (Å²) in [5.74, 6) is 0. The topological polar surface area (TPSA) is 0 Å². The summed E-state index contributed by atoms with van der Waals surface area (Å²) in [5.41, 5.74) is 4.40. The van der Waals surface area contributed by atoms with Gasteiger partial charge in [-0.15, -0.1) is 0 Å². The largest absolute Gasteiger partial charge is 1.00 e. The van der Waals surface area contributed by atoms with Crippen LogP contribution in [0.1, 0.15) is 33.7 Å². The van der Waals surface area contributed by atoms with E-state index in [0.29, 0.717) is 3.63 Å². The van der Waals surface area contributed by atoms with E-state index in [4.69, 9.17) is 0 Å². The maximum absolute atomic E-state index is 2.48. The van der Waals surface area contributed by atoms with Crippen LogP contribution in [0.5, 0.6) is 0 Å². The number of halogens is 2. The van der Waals surface area contributed by atoms with Gasteiger partial charge in [0, 0.05) is 0 Å². The minimum absolute atomic E-state index is 0. The molecule has 0 radical (unpaired) electrons. The molecule has 0 bridgehead atoms. The zero-order valence-corrected chi connectivity index (χ0v) is 18.1. The Morgan fingerprint density at radius 1 is 0.960 bits per heavy atom. The van der Waals surface area contributed by atoms with Gasteiger partial charge in [-0.05, 0) is 0 Å². The van der Waals surface area contributed by atoms with Crippen molar-refractivity contribution in [2.45, 2.75) is 17.0 Å². The van der Waals surface area contributed by atoms with Crippen molar-refractivity contribution in [3.63, 3.8) is 0 Å². The number of benzene rings is 2. The maximum Gasteiger partial charge on any atom is -1.00 e. The van der Waals surface area contributed by atoms with Crippen molar-refractivity contribution in [1.29, 1.82) is 0 Å². The van der Waals surface area contributed by atoms with E-state index in [1.165, 1.54) is 11.1 Å². The van der Waals surface area contributed by atoms with Crippen LogP contribution in [0.15, 0.2) is 82.2 Å². The van der Waals surface area contributed by atoms with Crippen LogP contribution in [0.2, 0.25) is 0 Å². The molecule has 0 spiro atoms. The molecule has 2 aliphatic carbocycles. The maximum atomic E-state index is 2.48. The van der Waals surface area contributed by atoms with E-state index in [9.17, 15) is 0 Å². The molecule has 0 heterocycles. The fraction of sp³-hybridized carbons (Fsp3) is 0.136. The number of fused-ring (bicyclic) bond motifs is 1. The molecule has 0 nitrogen and oxygen atoms in total. The van der Waals surface area contributed by atoms with Gasteiger partial charge in [0.1, 0.15) is 0 Å². The number of rotatable bonds is 3. The molecule has 0 aliphatic heterocycles. The number of allylic oxidation sites excluding steroid dienone is 5. The molecule has 2 aliphatic rings. The summed E-state index contributed by atoms with van der Waals surface area (Å²) in [6.07, 6.45) is 12.9. The van der Waals surface area contributed by atoms with Gasteiger partial charge in [0.15, 0.2) is 0 Å². The van der Waals surface area contributed by atoms with Gasteiger partial charge in [-0.2, -0.15) is 0 Å². The van der Waals surface area contributed by atoms with Gasteiger partial charge in [0.05, 0.1) is 0 Å². The Kier molecular flexibility index (Phi) is 7.38. The standard InChI is InChI=1S/C9H7.C8H8.C5H5.2ClH.Zr/c1-2-5-9-7-3-6-8(9)4-1;1-2-8-6-4-3-5-7-8;1-2-4-5-3-1;;;/h1-7H;3-7H,1H3;1-3H,4H2;2*1H;/q;;;;;+2/p-2. The quantitative estimate of drug-likeness (QED) is 0.595. The third-order valence-corrected chi connectivity index (χ3v) is 12.9. The summed E-state index contributed by atoms with van der Waals surface area (Å²) >= 11 is -1.98. The minimum Gasteiger partial charge on any atom is -1.00 e. The average Bonchev–Trinajstić information content (AvgIpc) is 3.27. The van der Waals surface area contributed by atoms with Gasteiger partial charge in [-0.3, -0.25) is 0 Å². The van der Waals surface area contributed by atoms with Crippen LogP contribution < -0.4 is 24.8 Å². The Labute approximate surface area is 170 Å². The molecule has 1 atom stereocenters. The molecule has 4 rings (SSSR count). The molecule has 0 aromatic heterocycles. The van der Waals surface area contributed by atoms with E-state index in [2.05, 4.69) is 91.9 Å². The smallest absolute Gasteiger partial charge is 1.00 e. The molecule has 2 aromatic rings. The Balaban J connectivity index is 0.00000113. The monoisotopic (exact) mass is 444 g/mol. The van der Waals surface area contributed by atoms with Crippen molar-refractivity contribution < 1.29 is 46.1 Å². The van der Waals surface area contributed by atoms with Crippen LogP contribution in [-0.4, -0.2) is 3.21 Å².